The van der Waals surface area contributed by atoms with Crippen LogP contribution in [0.15, 0.2) is 47.3 Å². The maximum absolute atomic E-state index is 13.2. The number of rotatable bonds is 4. The van der Waals surface area contributed by atoms with Crippen LogP contribution in [0.5, 0.6) is 0 Å². The van der Waals surface area contributed by atoms with Gasteiger partial charge in [0.2, 0.25) is 0 Å². The summed E-state index contributed by atoms with van der Waals surface area (Å²) in [6, 6.07) is 14.2. The molecule has 0 atom stereocenters. The van der Waals surface area contributed by atoms with Crippen LogP contribution in [0.2, 0.25) is 10.0 Å². The first-order chi connectivity index (χ1) is 14.6. The quantitative estimate of drug-likeness (QED) is 0.568. The van der Waals surface area contributed by atoms with Gasteiger partial charge in [0.15, 0.2) is 5.78 Å². The van der Waals surface area contributed by atoms with E-state index in [0.717, 1.165) is 5.56 Å². The number of carbonyl (C=O) groups is 1. The van der Waals surface area contributed by atoms with Crippen molar-refractivity contribution in [3.63, 3.8) is 0 Å². The highest BCUT2D eigenvalue weighted by Crippen LogP contribution is 2.24. The van der Waals surface area contributed by atoms with Gasteiger partial charge in [-0.15, -0.1) is 11.3 Å². The fourth-order valence-electron chi connectivity index (χ4n) is 2.77. The zero-order chi connectivity index (χ0) is 22.8. The second-order valence-corrected chi connectivity index (χ2v) is 9.92. The van der Waals surface area contributed by atoms with Crippen molar-refractivity contribution in [2.45, 2.75) is 27.3 Å². The molecule has 0 aliphatic rings. The summed E-state index contributed by atoms with van der Waals surface area (Å²) in [6.07, 6.45) is 3.17. The van der Waals surface area contributed by atoms with Gasteiger partial charge in [-0.3, -0.25) is 14.2 Å². The summed E-state index contributed by atoms with van der Waals surface area (Å²) in [5.74, 6) is -0.0790. The fourth-order valence-corrected chi connectivity index (χ4v) is 4.30. The fraction of sp³-hybridized carbons (Fsp3) is 0.208. The van der Waals surface area contributed by atoms with Gasteiger partial charge in [0, 0.05) is 27.1 Å². The largest absolute Gasteiger partial charge is 0.294 e. The molecule has 7 heteroatoms. The van der Waals surface area contributed by atoms with Crippen LogP contribution in [0.4, 0.5) is 0 Å². The van der Waals surface area contributed by atoms with Crippen molar-refractivity contribution >= 4 is 52.5 Å². The molecule has 4 nitrogen and oxygen atoms in total. The van der Waals surface area contributed by atoms with Gasteiger partial charge >= 0.3 is 0 Å². The predicted molar refractivity (Wildman–Crippen MR) is 127 cm³/mol. The third kappa shape index (κ3) is 5.34. The molecule has 0 radical (unpaired) electrons. The number of benzene rings is 2. The van der Waals surface area contributed by atoms with Gasteiger partial charge in [0.1, 0.15) is 4.66 Å². The molecule has 0 amide bonds. The van der Waals surface area contributed by atoms with Crippen LogP contribution in [0.25, 0.3) is 12.2 Å². The normalized spacial score (nSPS) is 12.8. The number of nitrogens with zero attached hydrogens (tertiary/aromatic N) is 2. The Morgan fingerprint density at radius 1 is 1.13 bits per heavy atom. The van der Waals surface area contributed by atoms with E-state index in [-0.39, 0.29) is 17.9 Å². The van der Waals surface area contributed by atoms with Gasteiger partial charge < -0.3 is 0 Å². The molecule has 3 rings (SSSR count). The van der Waals surface area contributed by atoms with E-state index in [0.29, 0.717) is 30.4 Å². The first-order valence-corrected chi connectivity index (χ1v) is 11.1. The summed E-state index contributed by atoms with van der Waals surface area (Å²) in [5.41, 5.74) is 1.13. The molecule has 0 spiro atoms. The molecule has 1 aromatic heterocycles. The molecule has 31 heavy (non-hydrogen) atoms. The highest BCUT2D eigenvalue weighted by atomic mass is 35.5. The van der Waals surface area contributed by atoms with E-state index in [4.69, 9.17) is 28.5 Å². The van der Waals surface area contributed by atoms with Gasteiger partial charge in [-0.1, -0.05) is 62.2 Å². The number of hydrogen-bond acceptors (Lipinski definition) is 4. The monoisotopic (exact) mass is 470 g/mol. The molecule has 3 aromatic rings. The third-order valence-corrected chi connectivity index (χ3v) is 6.35. The van der Waals surface area contributed by atoms with Gasteiger partial charge in [-0.2, -0.15) is 5.26 Å². The zero-order valence-electron chi connectivity index (χ0n) is 17.3. The predicted octanol–water partition coefficient (Wildman–Crippen LogP) is 4.36. The van der Waals surface area contributed by atoms with Gasteiger partial charge in [-0.05, 0) is 35.9 Å². The maximum Gasteiger partial charge on any atom is 0.269 e. The van der Waals surface area contributed by atoms with E-state index in [9.17, 15) is 9.59 Å². The molecule has 0 aliphatic carbocycles. The Morgan fingerprint density at radius 3 is 2.29 bits per heavy atom. The standard InChI is InChI=1S/C24H20Cl2N2O2S/c1-24(2,3)21(29)12-22-28(14-16-9-7-15(13-27)8-10-16)23(30)20(31-22)11-17-18(25)5-4-6-19(17)26/h4-12H,14H2,1-3H3/b20-11-,22-12-. The van der Waals surface area contributed by atoms with Crippen molar-refractivity contribution in [2.75, 3.05) is 0 Å². The number of Topliss-reactive ketones (excluding diaryl/α,β-unsaturated/α-hetero) is 1. The lowest BCUT2D eigenvalue weighted by Crippen LogP contribution is -2.32. The number of aromatic nitrogens is 1. The Hall–Kier alpha value is -2.65. The Balaban J connectivity index is 2.21. The van der Waals surface area contributed by atoms with Crippen molar-refractivity contribution in [1.82, 2.24) is 4.57 Å². The Morgan fingerprint density at radius 2 is 1.74 bits per heavy atom. The Kier molecular flexibility index (Phi) is 6.86. The van der Waals surface area contributed by atoms with Crippen LogP contribution in [-0.2, 0) is 11.3 Å². The molecule has 0 saturated carbocycles. The van der Waals surface area contributed by atoms with Crippen molar-refractivity contribution in [3.8, 4) is 6.07 Å². The lowest BCUT2D eigenvalue weighted by Gasteiger charge is -2.13. The van der Waals surface area contributed by atoms with Crippen LogP contribution in [0.3, 0.4) is 0 Å². The lowest BCUT2D eigenvalue weighted by atomic mass is 9.91. The van der Waals surface area contributed by atoms with Crippen LogP contribution in [0, 0.1) is 16.7 Å². The topological polar surface area (TPSA) is 62.9 Å². The molecule has 2 aromatic carbocycles. The van der Waals surface area contributed by atoms with E-state index in [1.165, 1.54) is 17.4 Å². The van der Waals surface area contributed by atoms with E-state index in [1.807, 2.05) is 20.8 Å². The molecule has 158 valence electrons. The first-order valence-electron chi connectivity index (χ1n) is 9.51. The van der Waals surface area contributed by atoms with E-state index >= 15 is 0 Å². The van der Waals surface area contributed by atoms with Crippen LogP contribution in [0.1, 0.15) is 37.5 Å². The number of halogens is 2. The molecular weight excluding hydrogens is 451 g/mol. The molecule has 0 N–H and O–H groups in total. The number of thiazole rings is 1. The second kappa shape index (κ2) is 9.23. The minimum absolute atomic E-state index is 0.0790. The van der Waals surface area contributed by atoms with Gasteiger partial charge in [-0.25, -0.2) is 0 Å². The van der Waals surface area contributed by atoms with E-state index in [2.05, 4.69) is 6.07 Å². The summed E-state index contributed by atoms with van der Waals surface area (Å²) in [7, 11) is 0. The number of nitriles is 1. The average molecular weight is 471 g/mol. The number of hydrogen-bond donors (Lipinski definition) is 0. The minimum Gasteiger partial charge on any atom is -0.294 e. The minimum atomic E-state index is -0.574. The first kappa shape index (κ1) is 23.0. The molecule has 0 aliphatic heterocycles. The Bertz CT molecular complexity index is 1330. The molecule has 1 heterocycles. The summed E-state index contributed by atoms with van der Waals surface area (Å²) in [6.45, 7) is 5.77. The maximum atomic E-state index is 13.2. The second-order valence-electron chi connectivity index (χ2n) is 8.04. The molecule has 0 saturated heterocycles. The van der Waals surface area contributed by atoms with Crippen LogP contribution < -0.4 is 14.8 Å². The van der Waals surface area contributed by atoms with Crippen molar-refractivity contribution in [1.29, 1.82) is 5.26 Å². The van der Waals surface area contributed by atoms with Crippen molar-refractivity contribution in [2.24, 2.45) is 5.41 Å². The van der Waals surface area contributed by atoms with Crippen LogP contribution in [-0.4, -0.2) is 10.4 Å². The van der Waals surface area contributed by atoms with Gasteiger partial charge in [0.25, 0.3) is 5.56 Å². The van der Waals surface area contributed by atoms with Crippen LogP contribution >= 0.6 is 34.5 Å². The highest BCUT2D eigenvalue weighted by Gasteiger charge is 2.19. The zero-order valence-corrected chi connectivity index (χ0v) is 19.6. The summed E-state index contributed by atoms with van der Waals surface area (Å²) >= 11 is 13.8. The van der Waals surface area contributed by atoms with Crippen molar-refractivity contribution in [3.05, 3.63) is 88.7 Å². The molecular formula is C24H20Cl2N2O2S. The third-order valence-electron chi connectivity index (χ3n) is 4.63. The average Bonchev–Trinajstić information content (AvgIpc) is 2.99. The summed E-state index contributed by atoms with van der Waals surface area (Å²) < 4.78 is 2.53. The smallest absolute Gasteiger partial charge is 0.269 e. The number of ketones is 1. The molecule has 0 bridgehead atoms. The molecule has 0 unspecified atom stereocenters. The SMILES string of the molecule is CC(C)(C)C(=O)/C=c1\s/c(=C\c2c(Cl)cccc2Cl)c(=O)n1Cc1ccc(C#N)cc1. The summed E-state index contributed by atoms with van der Waals surface area (Å²) in [5, 5.41) is 9.88. The summed E-state index contributed by atoms with van der Waals surface area (Å²) in [4.78, 5) is 25.9. The van der Waals surface area contributed by atoms with E-state index < -0.39 is 5.41 Å². The lowest BCUT2D eigenvalue weighted by molar-refractivity contribution is -0.120. The number of carbonyl (C=O) groups excluding carboxylic acids is 1. The highest BCUT2D eigenvalue weighted by molar-refractivity contribution is 7.07. The van der Waals surface area contributed by atoms with Crippen molar-refractivity contribution < 1.29 is 4.79 Å². The van der Waals surface area contributed by atoms with Gasteiger partial charge in [0.05, 0.1) is 22.7 Å². The molecule has 0 fully saturated rings. The Labute approximate surface area is 194 Å². The van der Waals surface area contributed by atoms with E-state index in [1.54, 1.807) is 53.1 Å².